The molecule has 0 aliphatic heterocycles. The van der Waals surface area contributed by atoms with Gasteiger partial charge in [0.2, 0.25) is 0 Å². The van der Waals surface area contributed by atoms with Gasteiger partial charge in [0.05, 0.1) is 6.10 Å². The number of carbonyl (C=O) groups is 1. The van der Waals surface area contributed by atoms with Crippen LogP contribution in [-0.4, -0.2) is 38.4 Å². The summed E-state index contributed by atoms with van der Waals surface area (Å²) in [4.78, 5) is 12.4. The van der Waals surface area contributed by atoms with Crippen molar-refractivity contribution >= 4 is 5.91 Å². The van der Waals surface area contributed by atoms with Crippen molar-refractivity contribution < 1.29 is 9.90 Å². The van der Waals surface area contributed by atoms with Crippen LogP contribution >= 0.6 is 0 Å². The molecule has 1 aromatic heterocycles. The van der Waals surface area contributed by atoms with E-state index in [9.17, 15) is 9.90 Å². The summed E-state index contributed by atoms with van der Waals surface area (Å²) in [6.07, 6.45) is 6.58. The van der Waals surface area contributed by atoms with Crippen LogP contribution in [0.3, 0.4) is 0 Å². The Morgan fingerprint density at radius 2 is 2.00 bits per heavy atom. The van der Waals surface area contributed by atoms with Gasteiger partial charge in [0.1, 0.15) is 12.2 Å². The molecular formula is C20H26N4O2. The summed E-state index contributed by atoms with van der Waals surface area (Å²) >= 11 is 0. The van der Waals surface area contributed by atoms with Crippen LogP contribution < -0.4 is 5.32 Å². The first kappa shape index (κ1) is 17.2. The number of carbonyl (C=O) groups excluding carboxylic acids is 1. The summed E-state index contributed by atoms with van der Waals surface area (Å²) in [6.45, 7) is 0.485. The molecule has 138 valence electrons. The van der Waals surface area contributed by atoms with Crippen LogP contribution in [0.5, 0.6) is 0 Å². The average molecular weight is 354 g/mol. The Morgan fingerprint density at radius 1 is 1.23 bits per heavy atom. The minimum atomic E-state index is -0.419. The molecule has 1 heterocycles. The van der Waals surface area contributed by atoms with E-state index in [-0.39, 0.29) is 17.7 Å². The van der Waals surface area contributed by atoms with Crippen LogP contribution in [0.2, 0.25) is 0 Å². The number of aliphatic hydroxyl groups is 1. The van der Waals surface area contributed by atoms with E-state index in [0.717, 1.165) is 12.2 Å². The molecule has 2 fully saturated rings. The van der Waals surface area contributed by atoms with Gasteiger partial charge in [-0.2, -0.15) is 0 Å². The highest BCUT2D eigenvalue weighted by Gasteiger charge is 2.36. The molecule has 0 bridgehead atoms. The number of benzene rings is 1. The number of aryl methyl sites for hydroxylation is 1. The molecule has 1 amide bonds. The van der Waals surface area contributed by atoms with Gasteiger partial charge in [0.15, 0.2) is 0 Å². The van der Waals surface area contributed by atoms with Gasteiger partial charge in [-0.05, 0) is 49.3 Å². The Hall–Kier alpha value is -2.21. The molecule has 4 rings (SSSR count). The number of aliphatic hydroxyl groups excluding tert-OH is 1. The molecule has 0 saturated heterocycles. The van der Waals surface area contributed by atoms with Gasteiger partial charge in [-0.3, -0.25) is 4.79 Å². The highest BCUT2D eigenvalue weighted by molar-refractivity contribution is 5.94. The van der Waals surface area contributed by atoms with E-state index >= 15 is 0 Å². The van der Waals surface area contributed by atoms with E-state index in [1.807, 2.05) is 23.7 Å². The fourth-order valence-electron chi connectivity index (χ4n) is 4.17. The fraction of sp³-hybridized carbons (Fsp3) is 0.550. The lowest BCUT2D eigenvalue weighted by atomic mass is 9.80. The standard InChI is InChI=1S/C20H26N4O2/c1-24-12-22-23-19(24)16-9-17(18(25)10-16)11-21-20(26)15-7-5-14(6-8-15)13-3-2-4-13/h5-8,12-13,16-18,25H,2-4,9-11H2,1H3,(H,21,26)/t16-,17+,18+/m0/s1. The summed E-state index contributed by atoms with van der Waals surface area (Å²) in [5, 5.41) is 21.4. The normalized spacial score (nSPS) is 25.8. The Balaban J connectivity index is 1.32. The number of hydrogen-bond acceptors (Lipinski definition) is 4. The first-order chi connectivity index (χ1) is 12.6. The molecule has 6 heteroatoms. The van der Waals surface area contributed by atoms with Crippen LogP contribution in [0.1, 0.15) is 65.7 Å². The quantitative estimate of drug-likeness (QED) is 0.864. The maximum absolute atomic E-state index is 12.4. The van der Waals surface area contributed by atoms with Crippen molar-refractivity contribution in [2.75, 3.05) is 6.54 Å². The summed E-state index contributed by atoms with van der Waals surface area (Å²) in [7, 11) is 1.92. The van der Waals surface area contributed by atoms with Crippen molar-refractivity contribution in [3.05, 3.63) is 47.5 Å². The maximum atomic E-state index is 12.4. The lowest BCUT2D eigenvalue weighted by Crippen LogP contribution is -2.32. The highest BCUT2D eigenvalue weighted by Crippen LogP contribution is 2.37. The van der Waals surface area contributed by atoms with Crippen molar-refractivity contribution in [3.63, 3.8) is 0 Å². The van der Waals surface area contributed by atoms with E-state index in [2.05, 4.69) is 27.6 Å². The average Bonchev–Trinajstić information content (AvgIpc) is 3.17. The molecule has 3 atom stereocenters. The topological polar surface area (TPSA) is 80.0 Å². The molecule has 1 aromatic carbocycles. The molecular weight excluding hydrogens is 328 g/mol. The molecule has 2 saturated carbocycles. The second-order valence-electron chi connectivity index (χ2n) is 7.76. The Kier molecular flexibility index (Phi) is 4.76. The van der Waals surface area contributed by atoms with Crippen molar-refractivity contribution in [1.82, 2.24) is 20.1 Å². The third-order valence-electron chi connectivity index (χ3n) is 6.04. The van der Waals surface area contributed by atoms with Crippen LogP contribution in [-0.2, 0) is 7.05 Å². The minimum Gasteiger partial charge on any atom is -0.393 e. The van der Waals surface area contributed by atoms with E-state index in [1.54, 1.807) is 6.33 Å². The summed E-state index contributed by atoms with van der Waals surface area (Å²) in [6, 6.07) is 7.98. The molecule has 2 aliphatic carbocycles. The number of aromatic nitrogens is 3. The van der Waals surface area contributed by atoms with Crippen molar-refractivity contribution in [2.45, 2.75) is 50.0 Å². The first-order valence-corrected chi connectivity index (χ1v) is 9.52. The van der Waals surface area contributed by atoms with Gasteiger partial charge >= 0.3 is 0 Å². The van der Waals surface area contributed by atoms with Gasteiger partial charge in [0, 0.05) is 31.0 Å². The zero-order valence-electron chi connectivity index (χ0n) is 15.1. The highest BCUT2D eigenvalue weighted by atomic mass is 16.3. The van der Waals surface area contributed by atoms with Gasteiger partial charge in [-0.1, -0.05) is 18.6 Å². The summed E-state index contributed by atoms with van der Waals surface area (Å²) in [5.41, 5.74) is 2.02. The van der Waals surface area contributed by atoms with E-state index in [1.165, 1.54) is 24.8 Å². The molecule has 0 radical (unpaired) electrons. The second kappa shape index (κ2) is 7.19. The number of nitrogens with zero attached hydrogens (tertiary/aromatic N) is 3. The fourth-order valence-corrected chi connectivity index (χ4v) is 4.17. The SMILES string of the molecule is Cn1cnnc1[C@H]1C[C@H](CNC(=O)c2ccc(C3CCC3)cc2)[C@H](O)C1. The minimum absolute atomic E-state index is 0.0508. The van der Waals surface area contributed by atoms with Gasteiger partial charge in [-0.25, -0.2) is 0 Å². The predicted octanol–water partition coefficient (Wildman–Crippen LogP) is 2.37. The number of nitrogens with one attached hydrogen (secondary N) is 1. The molecule has 2 N–H and O–H groups in total. The summed E-state index contributed by atoms with van der Waals surface area (Å²) in [5.74, 6) is 1.76. The summed E-state index contributed by atoms with van der Waals surface area (Å²) < 4.78 is 1.90. The van der Waals surface area contributed by atoms with E-state index < -0.39 is 6.10 Å². The molecule has 0 unspecified atom stereocenters. The monoisotopic (exact) mass is 354 g/mol. The van der Waals surface area contributed by atoms with Gasteiger partial charge in [0.25, 0.3) is 5.91 Å². The number of hydrogen-bond donors (Lipinski definition) is 2. The Labute approximate surface area is 153 Å². The largest absolute Gasteiger partial charge is 0.393 e. The van der Waals surface area contributed by atoms with Crippen molar-refractivity contribution in [1.29, 1.82) is 0 Å². The number of amides is 1. The van der Waals surface area contributed by atoms with E-state index in [4.69, 9.17) is 0 Å². The van der Waals surface area contributed by atoms with Crippen LogP contribution in [0.4, 0.5) is 0 Å². The number of rotatable bonds is 5. The zero-order chi connectivity index (χ0) is 18.1. The van der Waals surface area contributed by atoms with E-state index in [0.29, 0.717) is 24.4 Å². The predicted molar refractivity (Wildman–Crippen MR) is 97.8 cm³/mol. The molecule has 0 spiro atoms. The lowest BCUT2D eigenvalue weighted by Gasteiger charge is -2.25. The van der Waals surface area contributed by atoms with Crippen molar-refractivity contribution in [3.8, 4) is 0 Å². The maximum Gasteiger partial charge on any atom is 0.251 e. The van der Waals surface area contributed by atoms with Crippen LogP contribution in [0.15, 0.2) is 30.6 Å². The molecule has 2 aromatic rings. The van der Waals surface area contributed by atoms with Gasteiger partial charge in [-0.15, -0.1) is 10.2 Å². The third-order valence-corrected chi connectivity index (χ3v) is 6.04. The third kappa shape index (κ3) is 3.38. The molecule has 26 heavy (non-hydrogen) atoms. The second-order valence-corrected chi connectivity index (χ2v) is 7.76. The van der Waals surface area contributed by atoms with Gasteiger partial charge < -0.3 is 15.0 Å². The van der Waals surface area contributed by atoms with Crippen LogP contribution in [0.25, 0.3) is 0 Å². The molecule has 6 nitrogen and oxygen atoms in total. The van der Waals surface area contributed by atoms with Crippen molar-refractivity contribution in [2.24, 2.45) is 13.0 Å². The smallest absolute Gasteiger partial charge is 0.251 e. The first-order valence-electron chi connectivity index (χ1n) is 9.52. The van der Waals surface area contributed by atoms with Crippen LogP contribution in [0, 0.1) is 5.92 Å². The Morgan fingerprint density at radius 3 is 2.62 bits per heavy atom. The molecule has 2 aliphatic rings. The zero-order valence-corrected chi connectivity index (χ0v) is 15.1. The Bertz CT molecular complexity index is 766. The lowest BCUT2D eigenvalue weighted by molar-refractivity contribution is 0.0916.